The molecule has 0 atom stereocenters. The van der Waals surface area contributed by atoms with Gasteiger partial charge in [-0.05, 0) is 44.0 Å². The summed E-state index contributed by atoms with van der Waals surface area (Å²) < 4.78 is 0. The summed E-state index contributed by atoms with van der Waals surface area (Å²) in [5, 5.41) is 0. The maximum absolute atomic E-state index is 13.8. The lowest BCUT2D eigenvalue weighted by Crippen LogP contribution is -2.55. The second kappa shape index (κ2) is 12.1. The molecule has 2 amide bonds. The Balaban J connectivity index is 1.10. The normalized spacial score (nSPS) is 16.4. The number of H-pyrrole nitrogens is 1. The summed E-state index contributed by atoms with van der Waals surface area (Å²) in [5.74, 6) is -0.178. The average molecular weight is 562 g/mol. The number of nitrogens with zero attached hydrogens (tertiary/aromatic N) is 4. The number of piperazine rings is 1. The first-order valence-corrected chi connectivity index (χ1v) is 14.6. The van der Waals surface area contributed by atoms with Gasteiger partial charge in [-0.2, -0.15) is 0 Å². The van der Waals surface area contributed by atoms with Crippen LogP contribution < -0.4 is 5.56 Å². The van der Waals surface area contributed by atoms with Crippen LogP contribution in [0.2, 0.25) is 0 Å². The highest BCUT2D eigenvalue weighted by molar-refractivity contribution is 5.96. The highest BCUT2D eigenvalue weighted by atomic mass is 16.2. The molecule has 0 spiro atoms. The van der Waals surface area contributed by atoms with E-state index in [0.29, 0.717) is 37.8 Å². The van der Waals surface area contributed by atoms with Crippen molar-refractivity contribution < 1.29 is 9.59 Å². The summed E-state index contributed by atoms with van der Waals surface area (Å²) in [4.78, 5) is 52.7. The predicted octanol–water partition coefficient (Wildman–Crippen LogP) is 4.47. The van der Waals surface area contributed by atoms with Gasteiger partial charge in [0.15, 0.2) is 0 Å². The third-order valence-electron chi connectivity index (χ3n) is 8.37. The van der Waals surface area contributed by atoms with Gasteiger partial charge in [0, 0.05) is 67.7 Å². The summed E-state index contributed by atoms with van der Waals surface area (Å²) >= 11 is 0. The van der Waals surface area contributed by atoms with E-state index in [-0.39, 0.29) is 22.9 Å². The van der Waals surface area contributed by atoms with Crippen LogP contribution in [0.25, 0.3) is 22.5 Å². The van der Waals surface area contributed by atoms with Crippen molar-refractivity contribution in [3.63, 3.8) is 0 Å². The molecule has 0 aliphatic carbocycles. The van der Waals surface area contributed by atoms with E-state index in [9.17, 15) is 14.4 Å². The predicted molar refractivity (Wildman–Crippen MR) is 163 cm³/mol. The van der Waals surface area contributed by atoms with Crippen LogP contribution in [0.1, 0.15) is 39.3 Å². The lowest BCUT2D eigenvalue weighted by Gasteiger charge is -2.42. The van der Waals surface area contributed by atoms with E-state index in [1.54, 1.807) is 24.0 Å². The summed E-state index contributed by atoms with van der Waals surface area (Å²) in [7, 11) is 0. The van der Waals surface area contributed by atoms with Crippen LogP contribution in [0.4, 0.5) is 0 Å². The van der Waals surface area contributed by atoms with Gasteiger partial charge >= 0.3 is 0 Å². The molecule has 1 N–H and O–H groups in total. The van der Waals surface area contributed by atoms with Gasteiger partial charge in [0.1, 0.15) is 5.56 Å². The number of piperidine rings is 1. The second-order valence-electron chi connectivity index (χ2n) is 11.1. The standard InChI is InChI=1S/C34H35N5O3/c1-24-12-13-29(32(40)35-24)34(42)38-16-14-28(15-17-38)37-18-20-39(21-19-37)33(41)27-22-30(25-8-4-2-5-9-25)36-31(23-27)26-10-6-3-7-11-26/h2-13,22-23,28H,14-21H2,1H3,(H,35,40). The highest BCUT2D eigenvalue weighted by Gasteiger charge is 2.31. The zero-order valence-corrected chi connectivity index (χ0v) is 23.8. The minimum Gasteiger partial charge on any atom is -0.338 e. The van der Waals surface area contributed by atoms with Gasteiger partial charge in [0.25, 0.3) is 17.4 Å². The van der Waals surface area contributed by atoms with E-state index < -0.39 is 0 Å². The second-order valence-corrected chi connectivity index (χ2v) is 11.1. The minimum absolute atomic E-state index is 0.0233. The number of amides is 2. The molecule has 2 aromatic carbocycles. The van der Waals surface area contributed by atoms with Gasteiger partial charge in [-0.15, -0.1) is 0 Å². The molecule has 0 bridgehead atoms. The largest absolute Gasteiger partial charge is 0.338 e. The molecule has 8 nitrogen and oxygen atoms in total. The highest BCUT2D eigenvalue weighted by Crippen LogP contribution is 2.26. The van der Waals surface area contributed by atoms with Gasteiger partial charge in [0.2, 0.25) is 0 Å². The lowest BCUT2D eigenvalue weighted by molar-refractivity contribution is 0.0411. The smallest absolute Gasteiger partial charge is 0.260 e. The fourth-order valence-corrected chi connectivity index (χ4v) is 5.99. The fourth-order valence-electron chi connectivity index (χ4n) is 5.99. The van der Waals surface area contributed by atoms with E-state index >= 15 is 0 Å². The maximum Gasteiger partial charge on any atom is 0.260 e. The molecule has 2 aliphatic heterocycles. The number of aryl methyl sites for hydroxylation is 1. The molecule has 2 aliphatic rings. The van der Waals surface area contributed by atoms with Crippen molar-refractivity contribution in [2.24, 2.45) is 0 Å². The van der Waals surface area contributed by atoms with E-state index in [1.165, 1.54) is 0 Å². The molecule has 8 heteroatoms. The number of likely N-dealkylation sites (tertiary alicyclic amines) is 1. The van der Waals surface area contributed by atoms with E-state index in [4.69, 9.17) is 4.98 Å². The van der Waals surface area contributed by atoms with E-state index in [0.717, 1.165) is 54.1 Å². The molecule has 0 radical (unpaired) electrons. The Bertz CT molecular complexity index is 1560. The van der Waals surface area contributed by atoms with Gasteiger partial charge in [0.05, 0.1) is 11.4 Å². The monoisotopic (exact) mass is 561 g/mol. The number of aromatic nitrogens is 2. The van der Waals surface area contributed by atoms with Crippen molar-refractivity contribution in [3.8, 4) is 22.5 Å². The Morgan fingerprint density at radius 3 is 1.81 bits per heavy atom. The van der Waals surface area contributed by atoms with Gasteiger partial charge in [-0.3, -0.25) is 19.3 Å². The van der Waals surface area contributed by atoms with Gasteiger partial charge in [-0.1, -0.05) is 60.7 Å². The molecule has 0 unspecified atom stereocenters. The van der Waals surface area contributed by atoms with Crippen LogP contribution in [-0.4, -0.2) is 81.8 Å². The van der Waals surface area contributed by atoms with Crippen LogP contribution in [0.15, 0.2) is 89.7 Å². The quantitative estimate of drug-likeness (QED) is 0.388. The molecule has 4 heterocycles. The van der Waals surface area contributed by atoms with Crippen molar-refractivity contribution in [1.29, 1.82) is 0 Å². The zero-order chi connectivity index (χ0) is 29.1. The molecule has 6 rings (SSSR count). The van der Waals surface area contributed by atoms with Crippen LogP contribution in [0.5, 0.6) is 0 Å². The number of hydrogen-bond donors (Lipinski definition) is 1. The molecule has 2 aromatic heterocycles. The van der Waals surface area contributed by atoms with Crippen molar-refractivity contribution >= 4 is 11.8 Å². The number of aromatic amines is 1. The van der Waals surface area contributed by atoms with Crippen molar-refractivity contribution in [3.05, 3.63) is 112 Å². The number of rotatable bonds is 5. The van der Waals surface area contributed by atoms with Crippen LogP contribution >= 0.6 is 0 Å². The molecule has 214 valence electrons. The molecule has 42 heavy (non-hydrogen) atoms. The number of nitrogens with one attached hydrogen (secondary N) is 1. The first-order valence-electron chi connectivity index (χ1n) is 14.6. The minimum atomic E-state index is -0.330. The molecule has 2 saturated heterocycles. The Morgan fingerprint density at radius 1 is 0.714 bits per heavy atom. The van der Waals surface area contributed by atoms with E-state index in [2.05, 4.69) is 9.88 Å². The maximum atomic E-state index is 13.8. The first-order chi connectivity index (χ1) is 20.5. The van der Waals surface area contributed by atoms with Crippen LogP contribution in [0, 0.1) is 6.92 Å². The third-order valence-corrected chi connectivity index (χ3v) is 8.37. The number of benzene rings is 2. The van der Waals surface area contributed by atoms with Crippen LogP contribution in [-0.2, 0) is 0 Å². The van der Waals surface area contributed by atoms with Crippen LogP contribution in [0.3, 0.4) is 0 Å². The summed E-state index contributed by atoms with van der Waals surface area (Å²) in [6.45, 7) is 5.94. The number of carbonyl (C=O) groups excluding carboxylic acids is 2. The Labute approximate surface area is 245 Å². The summed E-state index contributed by atoms with van der Waals surface area (Å²) in [6, 6.07) is 27.5. The zero-order valence-electron chi connectivity index (χ0n) is 23.8. The average Bonchev–Trinajstić information content (AvgIpc) is 3.05. The molecule has 4 aromatic rings. The van der Waals surface area contributed by atoms with Crippen molar-refractivity contribution in [2.75, 3.05) is 39.3 Å². The van der Waals surface area contributed by atoms with E-state index in [1.807, 2.05) is 77.7 Å². The Kier molecular flexibility index (Phi) is 7.97. The third kappa shape index (κ3) is 5.90. The van der Waals surface area contributed by atoms with Crippen molar-refractivity contribution in [1.82, 2.24) is 24.7 Å². The molecular formula is C34H35N5O3. The first kappa shape index (κ1) is 27.6. The lowest BCUT2D eigenvalue weighted by atomic mass is 10.0. The number of pyridine rings is 2. The topological polar surface area (TPSA) is 89.6 Å². The molecular weight excluding hydrogens is 526 g/mol. The number of carbonyl (C=O) groups is 2. The van der Waals surface area contributed by atoms with Gasteiger partial charge < -0.3 is 14.8 Å². The summed E-state index contributed by atoms with van der Waals surface area (Å²) in [5.41, 5.74) is 4.79. The van der Waals surface area contributed by atoms with Crippen molar-refractivity contribution in [2.45, 2.75) is 25.8 Å². The molecule has 0 saturated carbocycles. The SMILES string of the molecule is Cc1ccc(C(=O)N2CCC(N3CCN(C(=O)c4cc(-c5ccccc5)nc(-c5ccccc5)c4)CC3)CC2)c(=O)[nH]1. The fraction of sp³-hybridized carbons (Fsp3) is 0.294. The number of hydrogen-bond acceptors (Lipinski definition) is 5. The molecule has 2 fully saturated rings. The van der Waals surface area contributed by atoms with Gasteiger partial charge in [-0.25, -0.2) is 4.98 Å². The Morgan fingerprint density at radius 2 is 1.26 bits per heavy atom. The summed E-state index contributed by atoms with van der Waals surface area (Å²) in [6.07, 6.45) is 1.71. The Hall–Kier alpha value is -4.56.